The quantitative estimate of drug-likeness (QED) is 0.387. The smallest absolute Gasteiger partial charge is 0.190 e. The highest BCUT2D eigenvalue weighted by Gasteiger charge is 2.55. The maximum Gasteiger partial charge on any atom is 0.190 e. The third kappa shape index (κ3) is 6.40. The molecule has 2 fully saturated rings. The third-order valence-electron chi connectivity index (χ3n) is 6.38. The molecule has 0 aromatic heterocycles. The highest BCUT2D eigenvalue weighted by atomic mass is 16.8. The Hall–Kier alpha value is -2.58. The lowest BCUT2D eigenvalue weighted by Crippen LogP contribution is -2.59. The summed E-state index contributed by atoms with van der Waals surface area (Å²) in [5.41, 5.74) is 3.26. The van der Waals surface area contributed by atoms with Crippen molar-refractivity contribution in [3.8, 4) is 0 Å². The van der Waals surface area contributed by atoms with Gasteiger partial charge in [-0.05, 0) is 30.5 Å². The molecule has 0 radical (unpaired) electrons. The van der Waals surface area contributed by atoms with Gasteiger partial charge in [0.15, 0.2) is 12.1 Å². The summed E-state index contributed by atoms with van der Waals surface area (Å²) in [5.74, 6) is -0.784. The molecule has 0 N–H and O–H groups in total. The van der Waals surface area contributed by atoms with Crippen molar-refractivity contribution in [2.45, 2.75) is 70.2 Å². The Bertz CT molecular complexity index is 1060. The molecule has 0 bridgehead atoms. The summed E-state index contributed by atoms with van der Waals surface area (Å²) >= 11 is 0. The van der Waals surface area contributed by atoms with E-state index in [0.29, 0.717) is 26.4 Å². The first-order chi connectivity index (χ1) is 17.6. The van der Waals surface area contributed by atoms with Crippen LogP contribution < -0.4 is 0 Å². The summed E-state index contributed by atoms with van der Waals surface area (Å²) in [6.45, 7) is 5.47. The molecule has 6 nitrogen and oxygen atoms in total. The molecule has 5 unspecified atom stereocenters. The van der Waals surface area contributed by atoms with Crippen LogP contribution in [0, 0.1) is 0 Å². The van der Waals surface area contributed by atoms with Crippen LogP contribution in [-0.4, -0.2) is 43.1 Å². The Morgan fingerprint density at radius 3 is 1.69 bits per heavy atom. The van der Waals surface area contributed by atoms with E-state index in [1.54, 1.807) is 0 Å². The molecule has 5 rings (SSSR count). The summed E-state index contributed by atoms with van der Waals surface area (Å²) < 4.78 is 37.9. The lowest BCUT2D eigenvalue weighted by atomic mass is 9.98. The van der Waals surface area contributed by atoms with Crippen LogP contribution in [0.15, 0.2) is 91.0 Å². The minimum Gasteiger partial charge on any atom is -0.374 e. The van der Waals surface area contributed by atoms with Crippen LogP contribution in [0.3, 0.4) is 0 Å². The molecule has 0 amide bonds. The number of fused-ring (bicyclic) bond motifs is 1. The second-order valence-corrected chi connectivity index (χ2v) is 9.67. The van der Waals surface area contributed by atoms with E-state index in [1.807, 2.05) is 105 Å². The van der Waals surface area contributed by atoms with Crippen molar-refractivity contribution >= 4 is 0 Å². The first-order valence-corrected chi connectivity index (χ1v) is 12.5. The van der Waals surface area contributed by atoms with E-state index in [1.165, 1.54) is 0 Å². The van der Waals surface area contributed by atoms with Crippen LogP contribution >= 0.6 is 0 Å². The standard InChI is InChI=1S/C30H34O6/c1-30(2)35-28-27(33-20-24-16-10-5-11-17-24)26(32-19-23-14-8-4-9-15-23)25(34-29(28)36-30)21-31-18-22-12-6-3-7-13-22/h3-17,25-29H,18-21H2,1-2H3. The van der Waals surface area contributed by atoms with Gasteiger partial charge in [0, 0.05) is 0 Å². The van der Waals surface area contributed by atoms with Crippen molar-refractivity contribution in [1.82, 2.24) is 0 Å². The zero-order valence-electron chi connectivity index (χ0n) is 20.8. The molecular formula is C30H34O6. The van der Waals surface area contributed by atoms with Crippen molar-refractivity contribution in [3.63, 3.8) is 0 Å². The predicted octanol–water partition coefficient (Wildman–Crippen LogP) is 5.25. The molecule has 0 aliphatic carbocycles. The number of ether oxygens (including phenoxy) is 6. The van der Waals surface area contributed by atoms with Crippen LogP contribution in [0.4, 0.5) is 0 Å². The van der Waals surface area contributed by atoms with Crippen molar-refractivity contribution in [2.24, 2.45) is 0 Å². The lowest BCUT2D eigenvalue weighted by molar-refractivity contribution is -0.279. The van der Waals surface area contributed by atoms with Crippen molar-refractivity contribution in [1.29, 1.82) is 0 Å². The minimum absolute atomic E-state index is 0.340. The Balaban J connectivity index is 1.35. The van der Waals surface area contributed by atoms with Gasteiger partial charge in [0.05, 0.1) is 26.4 Å². The molecule has 3 aromatic carbocycles. The predicted molar refractivity (Wildman–Crippen MR) is 135 cm³/mol. The molecule has 2 heterocycles. The first kappa shape index (κ1) is 25.1. The zero-order chi connectivity index (χ0) is 24.8. The van der Waals surface area contributed by atoms with Crippen LogP contribution in [0.2, 0.25) is 0 Å². The van der Waals surface area contributed by atoms with Gasteiger partial charge in [-0.1, -0.05) is 91.0 Å². The summed E-state index contributed by atoms with van der Waals surface area (Å²) in [4.78, 5) is 0. The van der Waals surface area contributed by atoms with Gasteiger partial charge in [0.2, 0.25) is 0 Å². The Morgan fingerprint density at radius 2 is 1.14 bits per heavy atom. The van der Waals surface area contributed by atoms with Gasteiger partial charge in [-0.2, -0.15) is 0 Å². The average molecular weight is 491 g/mol. The van der Waals surface area contributed by atoms with Crippen LogP contribution in [-0.2, 0) is 48.2 Å². The minimum atomic E-state index is -0.784. The molecule has 2 aliphatic heterocycles. The molecule has 2 saturated heterocycles. The second-order valence-electron chi connectivity index (χ2n) is 9.67. The second kappa shape index (κ2) is 11.6. The van der Waals surface area contributed by atoms with E-state index in [-0.39, 0.29) is 0 Å². The normalized spacial score (nSPS) is 27.0. The fourth-order valence-electron chi connectivity index (χ4n) is 4.66. The van der Waals surface area contributed by atoms with E-state index in [0.717, 1.165) is 16.7 Å². The molecule has 190 valence electrons. The Morgan fingerprint density at radius 1 is 0.639 bits per heavy atom. The van der Waals surface area contributed by atoms with Gasteiger partial charge >= 0.3 is 0 Å². The van der Waals surface area contributed by atoms with Gasteiger partial charge in [0.1, 0.15) is 24.4 Å². The van der Waals surface area contributed by atoms with Gasteiger partial charge in [0.25, 0.3) is 0 Å². The highest BCUT2D eigenvalue weighted by Crippen LogP contribution is 2.39. The monoisotopic (exact) mass is 490 g/mol. The number of benzene rings is 3. The molecular weight excluding hydrogens is 456 g/mol. The Labute approximate surface area is 213 Å². The summed E-state index contributed by atoms with van der Waals surface area (Å²) in [7, 11) is 0. The van der Waals surface area contributed by atoms with Crippen LogP contribution in [0.5, 0.6) is 0 Å². The van der Waals surface area contributed by atoms with E-state index < -0.39 is 36.5 Å². The van der Waals surface area contributed by atoms with E-state index in [9.17, 15) is 0 Å². The average Bonchev–Trinajstić information content (AvgIpc) is 3.21. The maximum atomic E-state index is 6.51. The van der Waals surface area contributed by atoms with Gasteiger partial charge in [-0.3, -0.25) is 0 Å². The van der Waals surface area contributed by atoms with Crippen molar-refractivity contribution < 1.29 is 28.4 Å². The number of rotatable bonds is 10. The third-order valence-corrected chi connectivity index (χ3v) is 6.38. The van der Waals surface area contributed by atoms with Gasteiger partial charge in [-0.25, -0.2) is 0 Å². The first-order valence-electron chi connectivity index (χ1n) is 12.5. The topological polar surface area (TPSA) is 55.4 Å². The number of hydrogen-bond acceptors (Lipinski definition) is 6. The molecule has 3 aromatic rings. The van der Waals surface area contributed by atoms with E-state index >= 15 is 0 Å². The van der Waals surface area contributed by atoms with Crippen molar-refractivity contribution in [2.75, 3.05) is 6.61 Å². The molecule has 6 heteroatoms. The van der Waals surface area contributed by atoms with E-state index in [4.69, 9.17) is 28.4 Å². The molecule has 5 atom stereocenters. The van der Waals surface area contributed by atoms with Gasteiger partial charge in [-0.15, -0.1) is 0 Å². The lowest BCUT2D eigenvalue weighted by Gasteiger charge is -2.42. The Kier molecular flexibility index (Phi) is 8.12. The SMILES string of the molecule is CC1(C)OC2OC(COCc3ccccc3)C(OCc3ccccc3)C(OCc3ccccc3)C2O1. The fraction of sp³-hybridized carbons (Fsp3) is 0.400. The highest BCUT2D eigenvalue weighted by molar-refractivity contribution is 5.15. The molecule has 2 aliphatic rings. The largest absolute Gasteiger partial charge is 0.374 e. The summed E-state index contributed by atoms with van der Waals surface area (Å²) in [6.07, 6.45) is -2.20. The van der Waals surface area contributed by atoms with Gasteiger partial charge < -0.3 is 28.4 Å². The summed E-state index contributed by atoms with van der Waals surface area (Å²) in [5, 5.41) is 0. The van der Waals surface area contributed by atoms with Crippen LogP contribution in [0.25, 0.3) is 0 Å². The fourth-order valence-corrected chi connectivity index (χ4v) is 4.66. The molecule has 36 heavy (non-hydrogen) atoms. The van der Waals surface area contributed by atoms with E-state index in [2.05, 4.69) is 0 Å². The van der Waals surface area contributed by atoms with Crippen LogP contribution in [0.1, 0.15) is 30.5 Å². The number of hydrogen-bond donors (Lipinski definition) is 0. The van der Waals surface area contributed by atoms with Crippen molar-refractivity contribution in [3.05, 3.63) is 108 Å². The molecule has 0 saturated carbocycles. The molecule has 0 spiro atoms. The maximum absolute atomic E-state index is 6.51. The zero-order valence-corrected chi connectivity index (χ0v) is 20.8. The summed E-state index contributed by atoms with van der Waals surface area (Å²) in [6, 6.07) is 30.3.